The molecular weight excluding hydrogens is 260 g/mol. The first-order chi connectivity index (χ1) is 9.02. The van der Waals surface area contributed by atoms with Gasteiger partial charge in [0, 0.05) is 20.5 Å². The van der Waals surface area contributed by atoms with Crippen LogP contribution < -0.4 is 0 Å². The molecule has 0 saturated carbocycles. The lowest BCUT2D eigenvalue weighted by Gasteiger charge is -2.40. The van der Waals surface area contributed by atoms with Crippen molar-refractivity contribution in [2.45, 2.75) is 51.7 Å². The lowest BCUT2D eigenvalue weighted by atomic mass is 9.92. The summed E-state index contributed by atoms with van der Waals surface area (Å²) in [5, 5.41) is 10.6. The van der Waals surface area contributed by atoms with Crippen molar-refractivity contribution in [2.24, 2.45) is 0 Å². The largest absolute Gasteiger partial charge is 0.444 e. The molecule has 116 valence electrons. The molecule has 20 heavy (non-hydrogen) atoms. The van der Waals surface area contributed by atoms with Crippen LogP contribution in [0.3, 0.4) is 0 Å². The highest BCUT2D eigenvalue weighted by molar-refractivity contribution is 5.73. The van der Waals surface area contributed by atoms with Gasteiger partial charge in [-0.25, -0.2) is 4.79 Å². The molecule has 1 N–H and O–H groups in total. The van der Waals surface area contributed by atoms with Crippen molar-refractivity contribution in [3.05, 3.63) is 0 Å². The van der Waals surface area contributed by atoms with Crippen LogP contribution in [0.25, 0.3) is 0 Å². The van der Waals surface area contributed by atoms with E-state index in [1.165, 1.54) is 11.8 Å². The number of hydrogen-bond acceptors (Lipinski definition) is 4. The molecule has 1 aliphatic heterocycles. The predicted molar refractivity (Wildman–Crippen MR) is 75.3 cm³/mol. The third-order valence-corrected chi connectivity index (χ3v) is 3.24. The maximum absolute atomic E-state index is 11.9. The maximum Gasteiger partial charge on any atom is 0.410 e. The number of carbonyl (C=O) groups is 2. The number of ether oxygens (including phenoxy) is 1. The van der Waals surface area contributed by atoms with Crippen LogP contribution >= 0.6 is 0 Å². The smallest absolute Gasteiger partial charge is 0.410 e. The Morgan fingerprint density at radius 2 is 2.00 bits per heavy atom. The molecule has 0 aliphatic carbocycles. The molecule has 0 aromatic rings. The fourth-order valence-electron chi connectivity index (χ4n) is 2.36. The molecule has 1 heterocycles. The summed E-state index contributed by atoms with van der Waals surface area (Å²) < 4.78 is 5.26. The zero-order valence-electron chi connectivity index (χ0n) is 13.1. The maximum atomic E-state index is 11.9. The first-order valence-electron chi connectivity index (χ1n) is 6.94. The monoisotopic (exact) mass is 286 g/mol. The topological polar surface area (TPSA) is 70.1 Å². The second kappa shape index (κ2) is 5.99. The Labute approximate surface area is 120 Å². The molecule has 1 atom stereocenters. The van der Waals surface area contributed by atoms with Gasteiger partial charge in [0.25, 0.3) is 0 Å². The second-order valence-electron chi connectivity index (χ2n) is 6.60. The molecule has 0 spiro atoms. The minimum absolute atomic E-state index is 0.0527. The van der Waals surface area contributed by atoms with Crippen molar-refractivity contribution in [1.29, 1.82) is 0 Å². The van der Waals surface area contributed by atoms with E-state index < -0.39 is 17.3 Å². The minimum atomic E-state index is -1.06. The number of piperidine rings is 1. The van der Waals surface area contributed by atoms with Gasteiger partial charge in [0.2, 0.25) is 5.91 Å². The Balaban J connectivity index is 2.61. The fraction of sp³-hybridized carbons (Fsp3) is 0.857. The van der Waals surface area contributed by atoms with Gasteiger partial charge in [0.15, 0.2) is 0 Å². The average Bonchev–Trinajstić information content (AvgIpc) is 2.25. The van der Waals surface area contributed by atoms with Crippen molar-refractivity contribution in [3.63, 3.8) is 0 Å². The van der Waals surface area contributed by atoms with Gasteiger partial charge in [-0.1, -0.05) is 0 Å². The Morgan fingerprint density at radius 3 is 2.50 bits per heavy atom. The number of β-amino-alcohol motifs (C(OH)–C–C–N with tert-alkyl or cyclic N) is 1. The van der Waals surface area contributed by atoms with Crippen molar-refractivity contribution < 1.29 is 19.4 Å². The number of aliphatic hydroxyl groups is 1. The quantitative estimate of drug-likeness (QED) is 0.829. The van der Waals surface area contributed by atoms with Crippen LogP contribution in [-0.4, -0.2) is 64.8 Å². The van der Waals surface area contributed by atoms with E-state index in [9.17, 15) is 14.7 Å². The molecule has 1 unspecified atom stereocenters. The van der Waals surface area contributed by atoms with E-state index in [-0.39, 0.29) is 19.0 Å². The van der Waals surface area contributed by atoms with E-state index >= 15 is 0 Å². The third-order valence-electron chi connectivity index (χ3n) is 3.24. The standard InChI is InChI=1S/C14H26N2O4/c1-11(17)16-8-6-7-14(19,10-16)9-15(5)12(18)20-13(2,3)4/h19H,6-10H2,1-5H3. The number of nitrogens with zero attached hydrogens (tertiary/aromatic N) is 2. The van der Waals surface area contributed by atoms with E-state index in [1.54, 1.807) is 32.7 Å². The zero-order valence-corrected chi connectivity index (χ0v) is 13.1. The van der Waals surface area contributed by atoms with E-state index in [1.807, 2.05) is 0 Å². The number of carbonyl (C=O) groups excluding carboxylic acids is 2. The molecule has 2 amide bonds. The van der Waals surface area contributed by atoms with E-state index in [4.69, 9.17) is 4.74 Å². The van der Waals surface area contributed by atoms with E-state index in [2.05, 4.69) is 0 Å². The van der Waals surface area contributed by atoms with Crippen molar-refractivity contribution in [2.75, 3.05) is 26.7 Å². The van der Waals surface area contributed by atoms with Crippen LogP contribution in [0.4, 0.5) is 4.79 Å². The molecule has 6 nitrogen and oxygen atoms in total. The zero-order chi connectivity index (χ0) is 15.6. The lowest BCUT2D eigenvalue weighted by Crippen LogP contribution is -2.55. The minimum Gasteiger partial charge on any atom is -0.444 e. The SMILES string of the molecule is CC(=O)N1CCCC(O)(CN(C)C(=O)OC(C)(C)C)C1. The van der Waals surface area contributed by atoms with Crippen LogP contribution in [0.15, 0.2) is 0 Å². The van der Waals surface area contributed by atoms with Crippen LogP contribution in [0, 0.1) is 0 Å². The molecule has 0 aromatic heterocycles. The molecule has 0 aromatic carbocycles. The van der Waals surface area contributed by atoms with Gasteiger partial charge in [0.1, 0.15) is 5.60 Å². The summed E-state index contributed by atoms with van der Waals surface area (Å²) in [6, 6.07) is 0. The number of hydrogen-bond donors (Lipinski definition) is 1. The second-order valence-corrected chi connectivity index (χ2v) is 6.60. The van der Waals surface area contributed by atoms with Crippen LogP contribution in [0.2, 0.25) is 0 Å². The normalized spacial score (nSPS) is 23.4. The van der Waals surface area contributed by atoms with Crippen LogP contribution in [0.5, 0.6) is 0 Å². The molecule has 0 bridgehead atoms. The van der Waals surface area contributed by atoms with E-state index in [0.29, 0.717) is 13.0 Å². The number of amides is 2. The summed E-state index contributed by atoms with van der Waals surface area (Å²) in [5.41, 5.74) is -1.62. The van der Waals surface area contributed by atoms with Gasteiger partial charge < -0.3 is 19.6 Å². The van der Waals surface area contributed by atoms with Crippen LogP contribution in [-0.2, 0) is 9.53 Å². The molecule has 1 saturated heterocycles. The van der Waals surface area contributed by atoms with Gasteiger partial charge in [-0.15, -0.1) is 0 Å². The average molecular weight is 286 g/mol. The first-order valence-corrected chi connectivity index (χ1v) is 6.94. The van der Waals surface area contributed by atoms with Crippen LogP contribution in [0.1, 0.15) is 40.5 Å². The Morgan fingerprint density at radius 1 is 1.40 bits per heavy atom. The molecule has 1 aliphatic rings. The Kier molecular flexibility index (Phi) is 5.02. The highest BCUT2D eigenvalue weighted by Crippen LogP contribution is 2.23. The summed E-state index contributed by atoms with van der Waals surface area (Å²) in [6.45, 7) is 7.96. The van der Waals surface area contributed by atoms with Gasteiger partial charge in [0.05, 0.1) is 18.7 Å². The summed E-state index contributed by atoms with van der Waals surface area (Å²) in [6.07, 6.45) is 0.841. The number of likely N-dealkylation sites (tertiary alicyclic amines) is 1. The van der Waals surface area contributed by atoms with Crippen molar-refractivity contribution in [3.8, 4) is 0 Å². The molecule has 1 rings (SSSR count). The Hall–Kier alpha value is -1.30. The number of likely N-dealkylation sites (N-methyl/N-ethyl adjacent to an activating group) is 1. The summed E-state index contributed by atoms with van der Waals surface area (Å²) in [7, 11) is 1.60. The third kappa shape index (κ3) is 5.00. The summed E-state index contributed by atoms with van der Waals surface area (Å²) >= 11 is 0. The molecular formula is C14H26N2O4. The van der Waals surface area contributed by atoms with Gasteiger partial charge in [-0.2, -0.15) is 0 Å². The molecule has 0 radical (unpaired) electrons. The molecule has 6 heteroatoms. The first kappa shape index (κ1) is 16.8. The van der Waals surface area contributed by atoms with Gasteiger partial charge in [-0.05, 0) is 33.6 Å². The highest BCUT2D eigenvalue weighted by atomic mass is 16.6. The van der Waals surface area contributed by atoms with Crippen molar-refractivity contribution in [1.82, 2.24) is 9.80 Å². The Bertz CT molecular complexity index is 378. The summed E-state index contributed by atoms with van der Waals surface area (Å²) in [5.74, 6) is -0.0527. The number of rotatable bonds is 2. The highest BCUT2D eigenvalue weighted by Gasteiger charge is 2.37. The predicted octanol–water partition coefficient (Wildman–Crippen LogP) is 1.23. The van der Waals surface area contributed by atoms with Gasteiger partial charge >= 0.3 is 6.09 Å². The van der Waals surface area contributed by atoms with Gasteiger partial charge in [-0.3, -0.25) is 4.79 Å². The van der Waals surface area contributed by atoms with E-state index in [0.717, 1.165) is 6.42 Å². The fourth-order valence-corrected chi connectivity index (χ4v) is 2.36. The summed E-state index contributed by atoms with van der Waals surface area (Å²) in [4.78, 5) is 26.3. The molecule has 1 fully saturated rings. The van der Waals surface area contributed by atoms with Crippen molar-refractivity contribution >= 4 is 12.0 Å². The lowest BCUT2D eigenvalue weighted by molar-refractivity contribution is -0.136.